The molecule has 1 aromatic heterocycles. The average molecular weight is 309 g/mol. The van der Waals surface area contributed by atoms with Crippen molar-refractivity contribution in [2.24, 2.45) is 0 Å². The maximum Gasteiger partial charge on any atom is 0.328 e. The number of halogens is 1. The highest BCUT2D eigenvalue weighted by Gasteiger charge is 2.35. The molecular formula is C15H16FNO3S. The summed E-state index contributed by atoms with van der Waals surface area (Å²) in [6.07, 6.45) is 0. The molecule has 0 saturated carbocycles. The average Bonchev–Trinajstić information content (AvgIpc) is 2.97. The van der Waals surface area contributed by atoms with Gasteiger partial charge in [-0.2, -0.15) is 0 Å². The van der Waals surface area contributed by atoms with Crippen LogP contribution in [0.4, 0.5) is 4.39 Å². The van der Waals surface area contributed by atoms with Crippen LogP contribution in [-0.4, -0.2) is 18.2 Å². The molecule has 1 heterocycles. The summed E-state index contributed by atoms with van der Waals surface area (Å²) < 4.78 is 18.7. The molecule has 0 bridgehead atoms. The minimum absolute atomic E-state index is 0.0877. The molecule has 2 rings (SSSR count). The van der Waals surface area contributed by atoms with Crippen LogP contribution in [0, 0.1) is 5.82 Å². The Hall–Kier alpha value is -1.92. The van der Waals surface area contributed by atoms with Gasteiger partial charge >= 0.3 is 5.97 Å². The highest BCUT2D eigenvalue weighted by molar-refractivity contribution is 7.09. The summed E-state index contributed by atoms with van der Waals surface area (Å²) in [5.74, 6) is -1.56. The maximum absolute atomic E-state index is 13.8. The molecule has 21 heavy (non-hydrogen) atoms. The highest BCUT2D eigenvalue weighted by atomic mass is 32.1. The lowest BCUT2D eigenvalue weighted by Crippen LogP contribution is -2.46. The highest BCUT2D eigenvalue weighted by Crippen LogP contribution is 2.27. The van der Waals surface area contributed by atoms with Gasteiger partial charge in [-0.05, 0) is 36.1 Å². The van der Waals surface area contributed by atoms with E-state index < -0.39 is 17.3 Å². The van der Waals surface area contributed by atoms with Crippen LogP contribution in [0.25, 0.3) is 0 Å². The SMILES string of the molecule is COc1ccc(C(C)(NCc2cccs2)C(=O)O)cc1F. The summed E-state index contributed by atoms with van der Waals surface area (Å²) in [6, 6.07) is 7.98. The van der Waals surface area contributed by atoms with Crippen LogP contribution in [0.15, 0.2) is 35.7 Å². The minimum Gasteiger partial charge on any atom is -0.494 e. The molecule has 0 fully saturated rings. The van der Waals surface area contributed by atoms with Crippen LogP contribution in [0.3, 0.4) is 0 Å². The first kappa shape index (κ1) is 15.5. The zero-order valence-electron chi connectivity index (χ0n) is 11.7. The van der Waals surface area contributed by atoms with Gasteiger partial charge in [0.05, 0.1) is 7.11 Å². The van der Waals surface area contributed by atoms with Gasteiger partial charge in [-0.1, -0.05) is 12.1 Å². The van der Waals surface area contributed by atoms with E-state index in [-0.39, 0.29) is 5.75 Å². The summed E-state index contributed by atoms with van der Waals surface area (Å²) in [7, 11) is 1.36. The van der Waals surface area contributed by atoms with Crippen LogP contribution >= 0.6 is 11.3 Å². The third-order valence-electron chi connectivity index (χ3n) is 3.35. The van der Waals surface area contributed by atoms with E-state index in [0.29, 0.717) is 12.1 Å². The van der Waals surface area contributed by atoms with Crippen LogP contribution in [0.1, 0.15) is 17.4 Å². The molecule has 0 aliphatic rings. The third kappa shape index (κ3) is 3.22. The monoisotopic (exact) mass is 309 g/mol. The Morgan fingerprint density at radius 1 is 1.48 bits per heavy atom. The third-order valence-corrected chi connectivity index (χ3v) is 4.23. The van der Waals surface area contributed by atoms with Gasteiger partial charge in [-0.15, -0.1) is 11.3 Å². The van der Waals surface area contributed by atoms with Crippen molar-refractivity contribution in [2.75, 3.05) is 7.11 Å². The van der Waals surface area contributed by atoms with Crippen molar-refractivity contribution in [1.29, 1.82) is 0 Å². The van der Waals surface area contributed by atoms with E-state index in [9.17, 15) is 14.3 Å². The fourth-order valence-electron chi connectivity index (χ4n) is 1.96. The Morgan fingerprint density at radius 2 is 2.24 bits per heavy atom. The number of carboxylic acids is 1. The number of benzene rings is 1. The number of hydrogen-bond donors (Lipinski definition) is 2. The van der Waals surface area contributed by atoms with Gasteiger partial charge in [0.15, 0.2) is 11.6 Å². The Kier molecular flexibility index (Phi) is 4.59. The van der Waals surface area contributed by atoms with E-state index in [4.69, 9.17) is 4.74 Å². The van der Waals surface area contributed by atoms with Crippen molar-refractivity contribution in [1.82, 2.24) is 5.32 Å². The lowest BCUT2D eigenvalue weighted by Gasteiger charge is -2.27. The second-order valence-electron chi connectivity index (χ2n) is 4.71. The molecule has 4 nitrogen and oxygen atoms in total. The number of carbonyl (C=O) groups is 1. The smallest absolute Gasteiger partial charge is 0.328 e. The Balaban J connectivity index is 2.28. The first-order chi connectivity index (χ1) is 9.97. The summed E-state index contributed by atoms with van der Waals surface area (Å²) in [6.45, 7) is 1.91. The first-order valence-electron chi connectivity index (χ1n) is 6.32. The van der Waals surface area contributed by atoms with Crippen LogP contribution < -0.4 is 10.1 Å². The zero-order valence-corrected chi connectivity index (χ0v) is 12.5. The van der Waals surface area contributed by atoms with Crippen LogP contribution in [0.2, 0.25) is 0 Å². The lowest BCUT2D eigenvalue weighted by atomic mass is 9.91. The van der Waals surface area contributed by atoms with Gasteiger partial charge in [0.2, 0.25) is 0 Å². The predicted molar refractivity (Wildman–Crippen MR) is 79.1 cm³/mol. The molecule has 2 aromatic rings. The molecule has 1 aromatic carbocycles. The number of rotatable bonds is 6. The minimum atomic E-state index is -1.38. The fourth-order valence-corrected chi connectivity index (χ4v) is 2.60. The second kappa shape index (κ2) is 6.24. The van der Waals surface area contributed by atoms with E-state index >= 15 is 0 Å². The lowest BCUT2D eigenvalue weighted by molar-refractivity contribution is -0.144. The molecule has 0 aliphatic carbocycles. The molecule has 0 spiro atoms. The molecule has 2 N–H and O–H groups in total. The van der Waals surface area contributed by atoms with Crippen molar-refractivity contribution < 1.29 is 19.0 Å². The number of thiophene rings is 1. The Labute approximate surface area is 126 Å². The predicted octanol–water partition coefficient (Wildman–Crippen LogP) is 2.99. The number of carboxylic acid groups (broad SMARTS) is 1. The van der Waals surface area contributed by atoms with Crippen molar-refractivity contribution in [3.63, 3.8) is 0 Å². The fraction of sp³-hybridized carbons (Fsp3) is 0.267. The Bertz CT molecular complexity index is 630. The van der Waals surface area contributed by atoms with E-state index in [2.05, 4.69) is 5.32 Å². The first-order valence-corrected chi connectivity index (χ1v) is 7.20. The topological polar surface area (TPSA) is 58.6 Å². The van der Waals surface area contributed by atoms with E-state index in [1.54, 1.807) is 6.07 Å². The number of methoxy groups -OCH3 is 1. The van der Waals surface area contributed by atoms with E-state index in [0.717, 1.165) is 4.88 Å². The van der Waals surface area contributed by atoms with Gasteiger partial charge in [-0.25, -0.2) is 9.18 Å². The van der Waals surface area contributed by atoms with Crippen molar-refractivity contribution in [3.8, 4) is 5.75 Å². The molecule has 1 atom stereocenters. The van der Waals surface area contributed by atoms with Crippen LogP contribution in [0.5, 0.6) is 5.75 Å². The number of ether oxygens (including phenoxy) is 1. The quantitative estimate of drug-likeness (QED) is 0.861. The van der Waals surface area contributed by atoms with Crippen LogP contribution in [-0.2, 0) is 16.9 Å². The van der Waals surface area contributed by atoms with Gasteiger partial charge in [0.1, 0.15) is 5.54 Å². The molecule has 0 amide bonds. The number of aliphatic carboxylic acids is 1. The largest absolute Gasteiger partial charge is 0.494 e. The summed E-state index contributed by atoms with van der Waals surface area (Å²) >= 11 is 1.53. The second-order valence-corrected chi connectivity index (χ2v) is 5.74. The number of nitrogens with one attached hydrogen (secondary N) is 1. The summed E-state index contributed by atoms with van der Waals surface area (Å²) in [4.78, 5) is 12.6. The summed E-state index contributed by atoms with van der Waals surface area (Å²) in [5.41, 5.74) is -1.04. The molecule has 0 saturated heterocycles. The van der Waals surface area contributed by atoms with E-state index in [1.165, 1.54) is 37.5 Å². The normalized spacial score (nSPS) is 13.7. The Morgan fingerprint density at radius 3 is 2.76 bits per heavy atom. The van der Waals surface area contributed by atoms with Crippen molar-refractivity contribution in [3.05, 3.63) is 52.0 Å². The molecule has 112 valence electrons. The molecule has 6 heteroatoms. The van der Waals surface area contributed by atoms with Gasteiger partial charge in [0.25, 0.3) is 0 Å². The molecule has 1 unspecified atom stereocenters. The maximum atomic E-state index is 13.8. The van der Waals surface area contributed by atoms with Crippen molar-refractivity contribution in [2.45, 2.75) is 19.0 Å². The standard InChI is InChI=1S/C15H16FNO3S/c1-15(14(18)19,17-9-11-4-3-7-21-11)10-5-6-13(20-2)12(16)8-10/h3-8,17H,9H2,1-2H3,(H,18,19). The van der Waals surface area contributed by atoms with Crippen molar-refractivity contribution >= 4 is 17.3 Å². The molecule has 0 radical (unpaired) electrons. The molecule has 0 aliphatic heterocycles. The van der Waals surface area contributed by atoms with Gasteiger partial charge < -0.3 is 9.84 Å². The summed E-state index contributed by atoms with van der Waals surface area (Å²) in [5, 5.41) is 14.4. The van der Waals surface area contributed by atoms with Gasteiger partial charge in [0, 0.05) is 11.4 Å². The molecular weight excluding hydrogens is 293 g/mol. The zero-order chi connectivity index (χ0) is 15.5. The van der Waals surface area contributed by atoms with E-state index in [1.807, 2.05) is 17.5 Å². The number of hydrogen-bond acceptors (Lipinski definition) is 4. The van der Waals surface area contributed by atoms with Gasteiger partial charge in [-0.3, -0.25) is 5.32 Å².